The van der Waals surface area contributed by atoms with E-state index in [0.717, 1.165) is 25.9 Å². The van der Waals surface area contributed by atoms with Crippen molar-refractivity contribution in [1.82, 2.24) is 10.0 Å². The SMILES string of the molecule is O=S1(=O)CCC(S(=O)(=O)NCCOC2CCNCC2)CC1. The first-order chi connectivity index (χ1) is 9.89. The molecule has 0 atom stereocenters. The van der Waals surface area contributed by atoms with E-state index in [2.05, 4.69) is 10.0 Å². The molecule has 0 aliphatic carbocycles. The van der Waals surface area contributed by atoms with Crippen molar-refractivity contribution in [3.05, 3.63) is 0 Å². The third-order valence-electron chi connectivity index (χ3n) is 3.99. The first-order valence-electron chi connectivity index (χ1n) is 7.40. The molecule has 0 radical (unpaired) electrons. The van der Waals surface area contributed by atoms with E-state index < -0.39 is 25.1 Å². The van der Waals surface area contributed by atoms with E-state index in [1.165, 1.54) is 0 Å². The van der Waals surface area contributed by atoms with Gasteiger partial charge in [0.15, 0.2) is 0 Å². The van der Waals surface area contributed by atoms with Gasteiger partial charge in [0, 0.05) is 6.54 Å². The second-order valence-electron chi connectivity index (χ2n) is 5.61. The van der Waals surface area contributed by atoms with Gasteiger partial charge in [-0.25, -0.2) is 21.6 Å². The molecule has 2 aliphatic heterocycles. The van der Waals surface area contributed by atoms with Gasteiger partial charge in [-0.2, -0.15) is 0 Å². The Hall–Kier alpha value is -0.220. The highest BCUT2D eigenvalue weighted by molar-refractivity contribution is 7.92. The van der Waals surface area contributed by atoms with Gasteiger partial charge in [0.25, 0.3) is 0 Å². The number of nitrogens with one attached hydrogen (secondary N) is 2. The molecule has 124 valence electrons. The Morgan fingerprint density at radius 2 is 1.71 bits per heavy atom. The number of sulfone groups is 1. The van der Waals surface area contributed by atoms with Crippen molar-refractivity contribution in [1.29, 1.82) is 0 Å². The fraction of sp³-hybridized carbons (Fsp3) is 1.00. The van der Waals surface area contributed by atoms with E-state index in [0.29, 0.717) is 6.61 Å². The average Bonchev–Trinajstić information content (AvgIpc) is 2.44. The minimum atomic E-state index is -3.44. The van der Waals surface area contributed by atoms with Gasteiger partial charge >= 0.3 is 0 Å². The molecule has 0 saturated carbocycles. The number of rotatable bonds is 6. The molecule has 0 amide bonds. The summed E-state index contributed by atoms with van der Waals surface area (Å²) in [4.78, 5) is 0. The van der Waals surface area contributed by atoms with Crippen molar-refractivity contribution in [2.45, 2.75) is 37.0 Å². The van der Waals surface area contributed by atoms with Gasteiger partial charge in [-0.3, -0.25) is 0 Å². The van der Waals surface area contributed by atoms with Crippen LogP contribution in [0.5, 0.6) is 0 Å². The van der Waals surface area contributed by atoms with Crippen LogP contribution in [0.15, 0.2) is 0 Å². The zero-order valence-corrected chi connectivity index (χ0v) is 13.7. The standard InChI is InChI=1S/C12H24N2O5S2/c15-20(16)9-3-12(4-10-20)21(17,18)14-7-8-19-11-1-5-13-6-2-11/h11-14H,1-10H2. The Kier molecular flexibility index (Phi) is 6.01. The van der Waals surface area contributed by atoms with Crippen molar-refractivity contribution < 1.29 is 21.6 Å². The maximum atomic E-state index is 12.1. The molecule has 7 nitrogen and oxygen atoms in total. The molecule has 9 heteroatoms. The highest BCUT2D eigenvalue weighted by atomic mass is 32.2. The Labute approximate surface area is 126 Å². The predicted octanol–water partition coefficient (Wildman–Crippen LogP) is -0.748. The third-order valence-corrected chi connectivity index (χ3v) is 7.66. The van der Waals surface area contributed by atoms with Crippen LogP contribution in [0.25, 0.3) is 0 Å². The molecule has 0 aromatic rings. The monoisotopic (exact) mass is 340 g/mol. The van der Waals surface area contributed by atoms with Crippen LogP contribution in [-0.2, 0) is 24.6 Å². The highest BCUT2D eigenvalue weighted by Crippen LogP contribution is 2.18. The van der Waals surface area contributed by atoms with E-state index >= 15 is 0 Å². The summed E-state index contributed by atoms with van der Waals surface area (Å²) in [5, 5.41) is 2.64. The molecule has 21 heavy (non-hydrogen) atoms. The lowest BCUT2D eigenvalue weighted by atomic mass is 10.1. The molecular formula is C12H24N2O5S2. The molecular weight excluding hydrogens is 316 g/mol. The minimum absolute atomic E-state index is 0.0375. The number of ether oxygens (including phenoxy) is 1. The van der Waals surface area contributed by atoms with Crippen LogP contribution >= 0.6 is 0 Å². The summed E-state index contributed by atoms with van der Waals surface area (Å²) < 4.78 is 55.0. The lowest BCUT2D eigenvalue weighted by molar-refractivity contribution is 0.0366. The third kappa shape index (κ3) is 5.48. The Morgan fingerprint density at radius 1 is 1.10 bits per heavy atom. The van der Waals surface area contributed by atoms with E-state index in [1.54, 1.807) is 0 Å². The summed E-state index contributed by atoms with van der Waals surface area (Å²) in [5.74, 6) is -0.0751. The Balaban J connectivity index is 1.69. The van der Waals surface area contributed by atoms with Crippen molar-refractivity contribution in [3.63, 3.8) is 0 Å². The van der Waals surface area contributed by atoms with Crippen molar-refractivity contribution in [2.75, 3.05) is 37.7 Å². The Morgan fingerprint density at radius 3 is 2.33 bits per heavy atom. The second kappa shape index (κ2) is 7.36. The summed E-state index contributed by atoms with van der Waals surface area (Å²) in [7, 11) is -6.48. The van der Waals surface area contributed by atoms with Gasteiger partial charge in [-0.15, -0.1) is 0 Å². The van der Waals surface area contributed by atoms with E-state index in [9.17, 15) is 16.8 Å². The van der Waals surface area contributed by atoms with Crippen LogP contribution in [-0.4, -0.2) is 65.9 Å². The van der Waals surface area contributed by atoms with E-state index in [-0.39, 0.29) is 37.0 Å². The maximum absolute atomic E-state index is 12.1. The number of sulfonamides is 1. The summed E-state index contributed by atoms with van der Waals surface area (Å²) >= 11 is 0. The largest absolute Gasteiger partial charge is 0.377 e. The van der Waals surface area contributed by atoms with Crippen LogP contribution in [0.2, 0.25) is 0 Å². The Bertz CT molecular complexity index is 512. The second-order valence-corrected chi connectivity index (χ2v) is 9.96. The normalized spacial score (nSPS) is 25.0. The molecule has 2 fully saturated rings. The predicted molar refractivity (Wildman–Crippen MR) is 80.4 cm³/mol. The van der Waals surface area contributed by atoms with Crippen molar-refractivity contribution in [2.24, 2.45) is 0 Å². The number of hydrogen-bond donors (Lipinski definition) is 2. The molecule has 2 aliphatic rings. The van der Waals surface area contributed by atoms with Crippen LogP contribution in [0.3, 0.4) is 0 Å². The van der Waals surface area contributed by atoms with Crippen molar-refractivity contribution in [3.8, 4) is 0 Å². The topological polar surface area (TPSA) is 102 Å². The molecule has 2 N–H and O–H groups in total. The zero-order chi connectivity index (χ0) is 15.3. The van der Waals surface area contributed by atoms with Crippen molar-refractivity contribution >= 4 is 19.9 Å². The molecule has 0 aromatic carbocycles. The summed E-state index contributed by atoms with van der Waals surface area (Å²) in [5.41, 5.74) is 0. The lowest BCUT2D eigenvalue weighted by Crippen LogP contribution is -2.41. The van der Waals surface area contributed by atoms with Crippen LogP contribution in [0, 0.1) is 0 Å². The number of piperidine rings is 1. The summed E-state index contributed by atoms with van der Waals surface area (Å²) in [6, 6.07) is 0. The molecule has 0 unspecified atom stereocenters. The van der Waals surface area contributed by atoms with E-state index in [4.69, 9.17) is 4.74 Å². The molecule has 2 heterocycles. The van der Waals surface area contributed by atoms with E-state index in [1.807, 2.05) is 0 Å². The molecule has 0 spiro atoms. The van der Waals surface area contributed by atoms with Gasteiger partial charge in [0.05, 0.1) is 29.5 Å². The first-order valence-corrected chi connectivity index (χ1v) is 10.8. The number of hydrogen-bond acceptors (Lipinski definition) is 6. The fourth-order valence-electron chi connectivity index (χ4n) is 2.67. The van der Waals surface area contributed by atoms with Crippen LogP contribution in [0.1, 0.15) is 25.7 Å². The smallest absolute Gasteiger partial charge is 0.214 e. The van der Waals surface area contributed by atoms with Gasteiger partial charge in [0.1, 0.15) is 9.84 Å². The minimum Gasteiger partial charge on any atom is -0.377 e. The van der Waals surface area contributed by atoms with Crippen LogP contribution < -0.4 is 10.0 Å². The molecule has 2 rings (SSSR count). The summed E-state index contributed by atoms with van der Waals surface area (Å²) in [6.07, 6.45) is 2.48. The zero-order valence-electron chi connectivity index (χ0n) is 12.1. The van der Waals surface area contributed by atoms with Crippen LogP contribution in [0.4, 0.5) is 0 Å². The quantitative estimate of drug-likeness (QED) is 0.617. The van der Waals surface area contributed by atoms with Gasteiger partial charge < -0.3 is 10.1 Å². The lowest BCUT2D eigenvalue weighted by Gasteiger charge is -2.24. The maximum Gasteiger partial charge on any atom is 0.214 e. The highest BCUT2D eigenvalue weighted by Gasteiger charge is 2.32. The summed E-state index contributed by atoms with van der Waals surface area (Å²) in [6.45, 7) is 2.48. The van der Waals surface area contributed by atoms with Gasteiger partial charge in [-0.1, -0.05) is 0 Å². The fourth-order valence-corrected chi connectivity index (χ4v) is 5.92. The van der Waals surface area contributed by atoms with Gasteiger partial charge in [0.2, 0.25) is 10.0 Å². The molecule has 2 saturated heterocycles. The first kappa shape index (κ1) is 17.1. The molecule has 0 bridgehead atoms. The molecule has 0 aromatic heterocycles. The van der Waals surface area contributed by atoms with Gasteiger partial charge in [-0.05, 0) is 38.8 Å². The average molecular weight is 340 g/mol.